The molecule has 1 nitrogen and oxygen atoms in total. The van der Waals surface area contributed by atoms with Crippen molar-refractivity contribution in [3.8, 4) is 0 Å². The first-order valence-electron chi connectivity index (χ1n) is 4.29. The topological polar surface area (TPSA) is 3.88 Å². The predicted octanol–water partition coefficient (Wildman–Crippen LogP) is -0.849. The van der Waals surface area contributed by atoms with Crippen LogP contribution in [0.3, 0.4) is 0 Å². The Labute approximate surface area is 77.0 Å². The number of nitrogens with zero attached hydrogens (tertiary/aromatic N) is 1. The van der Waals surface area contributed by atoms with Crippen molar-refractivity contribution in [1.29, 1.82) is 0 Å². The molecule has 0 radical (unpaired) electrons. The number of benzene rings is 1. The van der Waals surface area contributed by atoms with Crippen LogP contribution in [-0.4, -0.2) is 0 Å². The van der Waals surface area contributed by atoms with Crippen LogP contribution in [0.1, 0.15) is 6.92 Å². The Bertz CT molecular complexity index is 393. The lowest BCUT2D eigenvalue weighted by Gasteiger charge is -1.96. The SMILES string of the molecule is CC[n+]1cccc2ccccc21.[F-]. The highest BCUT2D eigenvalue weighted by Crippen LogP contribution is 2.07. The van der Waals surface area contributed by atoms with Crippen LogP contribution in [0.4, 0.5) is 0 Å². The van der Waals surface area contributed by atoms with Crippen LogP contribution in [-0.2, 0) is 6.54 Å². The Hall–Kier alpha value is -1.44. The molecule has 1 aromatic heterocycles. The van der Waals surface area contributed by atoms with E-state index in [9.17, 15) is 0 Å². The number of pyridine rings is 1. The molecular formula is C11H12FN. The van der Waals surface area contributed by atoms with E-state index in [0.717, 1.165) is 6.54 Å². The highest BCUT2D eigenvalue weighted by atomic mass is 19.0. The molecule has 0 N–H and O–H groups in total. The zero-order valence-corrected chi connectivity index (χ0v) is 7.57. The molecule has 2 heteroatoms. The first-order valence-corrected chi connectivity index (χ1v) is 4.29. The first kappa shape index (κ1) is 9.65. The van der Waals surface area contributed by atoms with Crippen LogP contribution in [0, 0.1) is 0 Å². The maximum Gasteiger partial charge on any atom is 0.212 e. The predicted molar refractivity (Wildman–Crippen MR) is 49.8 cm³/mol. The second kappa shape index (κ2) is 3.99. The van der Waals surface area contributed by atoms with Gasteiger partial charge in [0, 0.05) is 17.5 Å². The first-order chi connectivity index (χ1) is 5.92. The van der Waals surface area contributed by atoms with Gasteiger partial charge >= 0.3 is 0 Å². The smallest absolute Gasteiger partial charge is 0.212 e. The fourth-order valence-corrected chi connectivity index (χ4v) is 1.50. The van der Waals surface area contributed by atoms with E-state index in [1.54, 1.807) is 0 Å². The third-order valence-electron chi connectivity index (χ3n) is 2.13. The fraction of sp³-hybridized carbons (Fsp3) is 0.182. The Morgan fingerprint density at radius 2 is 1.77 bits per heavy atom. The van der Waals surface area contributed by atoms with Crippen molar-refractivity contribution in [3.63, 3.8) is 0 Å². The van der Waals surface area contributed by atoms with Gasteiger partial charge in [-0.05, 0) is 19.1 Å². The molecule has 0 spiro atoms. The molecule has 0 bridgehead atoms. The van der Waals surface area contributed by atoms with Crippen LogP contribution in [0.2, 0.25) is 0 Å². The molecule has 1 aromatic carbocycles. The summed E-state index contributed by atoms with van der Waals surface area (Å²) in [5.74, 6) is 0. The highest BCUT2D eigenvalue weighted by Gasteiger charge is 2.02. The lowest BCUT2D eigenvalue weighted by atomic mass is 10.2. The summed E-state index contributed by atoms with van der Waals surface area (Å²) in [5.41, 5.74) is 1.31. The zero-order valence-electron chi connectivity index (χ0n) is 7.57. The van der Waals surface area contributed by atoms with Crippen molar-refractivity contribution < 1.29 is 9.27 Å². The number of fused-ring (bicyclic) bond motifs is 1. The molecule has 0 atom stereocenters. The Balaban J connectivity index is 0.000000845. The second-order valence-electron chi connectivity index (χ2n) is 2.85. The molecule has 2 aromatic rings. The monoisotopic (exact) mass is 177 g/mol. The second-order valence-corrected chi connectivity index (χ2v) is 2.85. The van der Waals surface area contributed by atoms with Gasteiger partial charge in [0.25, 0.3) is 0 Å². The number of para-hydroxylation sites is 1. The number of aryl methyl sites for hydroxylation is 1. The molecule has 0 saturated carbocycles. The van der Waals surface area contributed by atoms with Gasteiger partial charge in [-0.1, -0.05) is 12.1 Å². The summed E-state index contributed by atoms with van der Waals surface area (Å²) >= 11 is 0. The largest absolute Gasteiger partial charge is 1.00 e. The van der Waals surface area contributed by atoms with Crippen LogP contribution < -0.4 is 9.27 Å². The van der Waals surface area contributed by atoms with Crippen LogP contribution in [0.25, 0.3) is 10.9 Å². The summed E-state index contributed by atoms with van der Waals surface area (Å²) in [4.78, 5) is 0. The van der Waals surface area contributed by atoms with Crippen molar-refractivity contribution in [2.75, 3.05) is 0 Å². The van der Waals surface area contributed by atoms with Crippen molar-refractivity contribution in [2.45, 2.75) is 13.5 Å². The van der Waals surface area contributed by atoms with E-state index in [1.165, 1.54) is 10.9 Å². The van der Waals surface area contributed by atoms with E-state index in [0.29, 0.717) is 0 Å². The Kier molecular flexibility index (Phi) is 2.96. The summed E-state index contributed by atoms with van der Waals surface area (Å²) in [6.45, 7) is 3.19. The molecule has 2 rings (SSSR count). The molecule has 68 valence electrons. The molecular weight excluding hydrogens is 165 g/mol. The van der Waals surface area contributed by atoms with Gasteiger partial charge in [0.05, 0.1) is 0 Å². The van der Waals surface area contributed by atoms with Crippen LogP contribution >= 0.6 is 0 Å². The average molecular weight is 177 g/mol. The van der Waals surface area contributed by atoms with Crippen LogP contribution in [0.15, 0.2) is 42.6 Å². The summed E-state index contributed by atoms with van der Waals surface area (Å²) in [5, 5.41) is 1.31. The van der Waals surface area contributed by atoms with E-state index in [1.807, 2.05) is 0 Å². The van der Waals surface area contributed by atoms with Crippen LogP contribution in [0.5, 0.6) is 0 Å². The molecule has 0 aliphatic rings. The number of aromatic nitrogens is 1. The zero-order chi connectivity index (χ0) is 8.39. The van der Waals surface area contributed by atoms with Gasteiger partial charge in [0.15, 0.2) is 6.20 Å². The van der Waals surface area contributed by atoms with Gasteiger partial charge in [0.1, 0.15) is 6.54 Å². The van der Waals surface area contributed by atoms with E-state index in [-0.39, 0.29) is 4.70 Å². The number of hydrogen-bond acceptors (Lipinski definition) is 0. The number of rotatable bonds is 1. The molecule has 0 aliphatic carbocycles. The lowest BCUT2D eigenvalue weighted by molar-refractivity contribution is -0.667. The third-order valence-corrected chi connectivity index (χ3v) is 2.13. The maximum absolute atomic E-state index is 2.25. The maximum atomic E-state index is 2.25. The van der Waals surface area contributed by atoms with Gasteiger partial charge in [-0.3, -0.25) is 0 Å². The van der Waals surface area contributed by atoms with E-state index in [4.69, 9.17) is 0 Å². The van der Waals surface area contributed by atoms with Crippen molar-refractivity contribution in [1.82, 2.24) is 0 Å². The number of hydrogen-bond donors (Lipinski definition) is 0. The lowest BCUT2D eigenvalue weighted by Crippen LogP contribution is -3.00. The average Bonchev–Trinajstić information content (AvgIpc) is 2.17. The highest BCUT2D eigenvalue weighted by molar-refractivity contribution is 5.74. The van der Waals surface area contributed by atoms with Gasteiger partial charge in [-0.25, -0.2) is 0 Å². The van der Waals surface area contributed by atoms with Gasteiger partial charge in [-0.15, -0.1) is 0 Å². The van der Waals surface area contributed by atoms with E-state index < -0.39 is 0 Å². The van der Waals surface area contributed by atoms with Crippen molar-refractivity contribution in [3.05, 3.63) is 42.6 Å². The summed E-state index contributed by atoms with van der Waals surface area (Å²) < 4.78 is 2.25. The molecule has 13 heavy (non-hydrogen) atoms. The fourth-order valence-electron chi connectivity index (χ4n) is 1.50. The molecule has 0 unspecified atom stereocenters. The van der Waals surface area contributed by atoms with Gasteiger partial charge < -0.3 is 4.70 Å². The quantitative estimate of drug-likeness (QED) is 0.500. The minimum absolute atomic E-state index is 0. The minimum atomic E-state index is 0. The standard InChI is InChI=1S/C11H12N.FH/c1-2-12-9-5-7-10-6-3-4-8-11(10)12;/h3-9H,2H2,1H3;1H/q+1;/p-1. The van der Waals surface area contributed by atoms with Gasteiger partial charge in [-0.2, -0.15) is 4.57 Å². The third kappa shape index (κ3) is 1.66. The normalized spacial score (nSPS) is 9.62. The summed E-state index contributed by atoms with van der Waals surface area (Å²) in [7, 11) is 0. The van der Waals surface area contributed by atoms with E-state index >= 15 is 0 Å². The molecule has 0 amide bonds. The minimum Gasteiger partial charge on any atom is -1.00 e. The van der Waals surface area contributed by atoms with Crippen molar-refractivity contribution >= 4 is 10.9 Å². The summed E-state index contributed by atoms with van der Waals surface area (Å²) in [6.07, 6.45) is 2.11. The molecule has 1 heterocycles. The molecule has 0 fully saturated rings. The molecule has 0 aliphatic heterocycles. The number of halogens is 1. The summed E-state index contributed by atoms with van der Waals surface area (Å²) in [6, 6.07) is 12.7. The molecule has 0 saturated heterocycles. The Morgan fingerprint density at radius 3 is 2.54 bits per heavy atom. The van der Waals surface area contributed by atoms with E-state index in [2.05, 4.69) is 54.1 Å². The van der Waals surface area contributed by atoms with Crippen molar-refractivity contribution in [2.24, 2.45) is 0 Å². The van der Waals surface area contributed by atoms with Gasteiger partial charge in [0.2, 0.25) is 5.52 Å². The Morgan fingerprint density at radius 1 is 1.08 bits per heavy atom.